The number of anilines is 1. The summed E-state index contributed by atoms with van der Waals surface area (Å²) < 4.78 is 6.73. The van der Waals surface area contributed by atoms with Crippen LogP contribution in [0.4, 0.5) is 10.6 Å². The first-order chi connectivity index (χ1) is 13.2. The molecule has 3 aromatic heterocycles. The van der Waals surface area contributed by atoms with Gasteiger partial charge in [0.25, 0.3) is 0 Å². The molecule has 7 heteroatoms. The molecule has 0 aliphatic heterocycles. The van der Waals surface area contributed by atoms with Gasteiger partial charge in [-0.05, 0) is 69.0 Å². The van der Waals surface area contributed by atoms with Crippen molar-refractivity contribution in [2.45, 2.75) is 33.3 Å². The molecule has 0 saturated carbocycles. The van der Waals surface area contributed by atoms with Gasteiger partial charge in [-0.1, -0.05) is 0 Å². The third kappa shape index (κ3) is 4.74. The second-order valence-electron chi connectivity index (χ2n) is 7.11. The number of nitrogens with zero attached hydrogens (tertiary/aromatic N) is 3. The number of pyridine rings is 2. The van der Waals surface area contributed by atoms with E-state index >= 15 is 0 Å². The van der Waals surface area contributed by atoms with Gasteiger partial charge in [0.2, 0.25) is 5.91 Å². The minimum absolute atomic E-state index is 0.203. The van der Waals surface area contributed by atoms with Crippen LogP contribution in [0, 0.1) is 11.8 Å². The molecule has 0 aliphatic rings. The van der Waals surface area contributed by atoms with Crippen molar-refractivity contribution >= 4 is 28.9 Å². The highest BCUT2D eigenvalue weighted by Crippen LogP contribution is 2.14. The minimum Gasteiger partial charge on any atom is -0.443 e. The Morgan fingerprint density at radius 2 is 1.82 bits per heavy atom. The normalized spacial score (nSPS) is 10.9. The van der Waals surface area contributed by atoms with Crippen molar-refractivity contribution in [3.63, 3.8) is 0 Å². The van der Waals surface area contributed by atoms with E-state index in [1.165, 1.54) is 11.5 Å². The van der Waals surface area contributed by atoms with Gasteiger partial charge in [-0.2, -0.15) is 0 Å². The number of carbonyl (C=O) groups excluding carboxylic acids is 2. The molecule has 0 aliphatic carbocycles. The molecule has 7 nitrogen and oxygen atoms in total. The summed E-state index contributed by atoms with van der Waals surface area (Å²) in [6.45, 7) is 6.84. The molecule has 142 valence electrons. The Morgan fingerprint density at radius 3 is 2.54 bits per heavy atom. The number of aromatic nitrogens is 3. The van der Waals surface area contributed by atoms with Gasteiger partial charge in [-0.25, -0.2) is 19.3 Å². The number of fused-ring (bicyclic) bond motifs is 1. The van der Waals surface area contributed by atoms with Crippen LogP contribution in [-0.4, -0.2) is 32.1 Å². The highest BCUT2D eigenvalue weighted by molar-refractivity contribution is 5.89. The predicted molar refractivity (Wildman–Crippen MR) is 106 cm³/mol. The predicted octanol–water partition coefficient (Wildman–Crippen LogP) is 3.57. The molecule has 1 amide bonds. The van der Waals surface area contributed by atoms with Gasteiger partial charge in [-0.3, -0.25) is 4.79 Å². The van der Waals surface area contributed by atoms with Gasteiger partial charge in [0, 0.05) is 18.5 Å². The zero-order chi connectivity index (χ0) is 20.3. The van der Waals surface area contributed by atoms with E-state index in [1.807, 2.05) is 12.1 Å². The molecular formula is C21H20N4O3. The third-order valence-corrected chi connectivity index (χ3v) is 3.51. The van der Waals surface area contributed by atoms with Gasteiger partial charge < -0.3 is 10.1 Å². The Bertz CT molecular complexity index is 1110. The first kappa shape index (κ1) is 19.1. The monoisotopic (exact) mass is 376 g/mol. The fraction of sp³-hybridized carbons (Fsp3) is 0.238. The van der Waals surface area contributed by atoms with Crippen LogP contribution in [-0.2, 0) is 9.53 Å². The number of carbonyl (C=O) groups is 2. The maximum Gasteiger partial charge on any atom is 0.419 e. The molecule has 3 heterocycles. The first-order valence-electron chi connectivity index (χ1n) is 8.69. The number of rotatable bonds is 1. The first-order valence-corrected chi connectivity index (χ1v) is 8.69. The lowest BCUT2D eigenvalue weighted by molar-refractivity contribution is -0.114. The van der Waals surface area contributed by atoms with Gasteiger partial charge in [0.15, 0.2) is 5.65 Å². The lowest BCUT2D eigenvalue weighted by Gasteiger charge is -2.19. The number of amides is 1. The molecular weight excluding hydrogens is 356 g/mol. The molecule has 0 radical (unpaired) electrons. The van der Waals surface area contributed by atoms with Crippen LogP contribution in [0.3, 0.4) is 0 Å². The zero-order valence-electron chi connectivity index (χ0n) is 16.1. The zero-order valence-corrected chi connectivity index (χ0v) is 16.1. The van der Waals surface area contributed by atoms with Crippen LogP contribution in [0.2, 0.25) is 0 Å². The van der Waals surface area contributed by atoms with Crippen molar-refractivity contribution < 1.29 is 14.3 Å². The van der Waals surface area contributed by atoms with E-state index in [1.54, 1.807) is 51.2 Å². The third-order valence-electron chi connectivity index (χ3n) is 3.51. The molecule has 0 aromatic carbocycles. The summed E-state index contributed by atoms with van der Waals surface area (Å²) in [5.74, 6) is 6.10. The van der Waals surface area contributed by atoms with Crippen molar-refractivity contribution in [3.8, 4) is 11.8 Å². The van der Waals surface area contributed by atoms with Gasteiger partial charge in [0.05, 0.1) is 0 Å². The SMILES string of the molecule is CC(=O)Nc1ccc2ccc(C#Cc3cccn3C(=O)OC(C)(C)C)nc2n1. The Balaban J connectivity index is 1.88. The van der Waals surface area contributed by atoms with E-state index in [2.05, 4.69) is 27.1 Å². The van der Waals surface area contributed by atoms with Crippen LogP contribution >= 0.6 is 0 Å². The minimum atomic E-state index is -0.594. The Hall–Kier alpha value is -3.66. The Kier molecular flexibility index (Phi) is 5.14. The molecule has 0 spiro atoms. The van der Waals surface area contributed by atoms with Crippen LogP contribution in [0.5, 0.6) is 0 Å². The number of hydrogen-bond donors (Lipinski definition) is 1. The smallest absolute Gasteiger partial charge is 0.419 e. The summed E-state index contributed by atoms with van der Waals surface area (Å²) in [4.78, 5) is 32.2. The summed E-state index contributed by atoms with van der Waals surface area (Å²) in [6.07, 6.45) is 1.11. The van der Waals surface area contributed by atoms with Gasteiger partial charge in [0.1, 0.15) is 22.8 Å². The molecule has 0 saturated heterocycles. The molecule has 1 N–H and O–H groups in total. The van der Waals surface area contributed by atoms with Gasteiger partial charge in [-0.15, -0.1) is 0 Å². The Labute approximate surface area is 162 Å². The van der Waals surface area contributed by atoms with Crippen molar-refractivity contribution in [1.29, 1.82) is 0 Å². The number of ether oxygens (including phenoxy) is 1. The molecule has 3 aromatic rings. The topological polar surface area (TPSA) is 86.1 Å². The van der Waals surface area contributed by atoms with Crippen LogP contribution in [0.15, 0.2) is 42.6 Å². The summed E-state index contributed by atoms with van der Waals surface area (Å²) in [7, 11) is 0. The molecule has 3 rings (SSSR count). The van der Waals surface area contributed by atoms with E-state index in [0.717, 1.165) is 5.39 Å². The molecule has 0 unspecified atom stereocenters. The summed E-state index contributed by atoms with van der Waals surface area (Å²) >= 11 is 0. The van der Waals surface area contributed by atoms with E-state index in [4.69, 9.17) is 4.74 Å². The average molecular weight is 376 g/mol. The second kappa shape index (κ2) is 7.53. The average Bonchev–Trinajstić information content (AvgIpc) is 3.06. The summed E-state index contributed by atoms with van der Waals surface area (Å²) in [5.41, 5.74) is 0.872. The quantitative estimate of drug-likeness (QED) is 0.656. The molecule has 0 atom stereocenters. The number of nitrogens with one attached hydrogen (secondary N) is 1. The molecule has 28 heavy (non-hydrogen) atoms. The second-order valence-corrected chi connectivity index (χ2v) is 7.11. The lowest BCUT2D eigenvalue weighted by atomic mass is 10.2. The Morgan fingerprint density at radius 1 is 1.07 bits per heavy atom. The van der Waals surface area contributed by atoms with E-state index in [0.29, 0.717) is 22.9 Å². The van der Waals surface area contributed by atoms with E-state index in [9.17, 15) is 9.59 Å². The van der Waals surface area contributed by atoms with Crippen LogP contribution < -0.4 is 5.32 Å². The number of hydrogen-bond acceptors (Lipinski definition) is 5. The highest BCUT2D eigenvalue weighted by atomic mass is 16.6. The molecule has 0 fully saturated rings. The lowest BCUT2D eigenvalue weighted by Crippen LogP contribution is -2.27. The van der Waals surface area contributed by atoms with Crippen LogP contribution in [0.1, 0.15) is 39.1 Å². The van der Waals surface area contributed by atoms with Crippen molar-refractivity contribution in [2.75, 3.05) is 5.32 Å². The van der Waals surface area contributed by atoms with Crippen molar-refractivity contribution in [2.24, 2.45) is 0 Å². The van der Waals surface area contributed by atoms with E-state index in [-0.39, 0.29) is 5.91 Å². The van der Waals surface area contributed by atoms with Gasteiger partial charge >= 0.3 is 6.09 Å². The van der Waals surface area contributed by atoms with Crippen molar-refractivity contribution in [1.82, 2.24) is 14.5 Å². The highest BCUT2D eigenvalue weighted by Gasteiger charge is 2.18. The van der Waals surface area contributed by atoms with Crippen LogP contribution in [0.25, 0.3) is 11.0 Å². The van der Waals surface area contributed by atoms with Crippen molar-refractivity contribution in [3.05, 3.63) is 54.0 Å². The fourth-order valence-electron chi connectivity index (χ4n) is 2.40. The molecule has 0 bridgehead atoms. The maximum absolute atomic E-state index is 12.3. The summed E-state index contributed by atoms with van der Waals surface area (Å²) in [5, 5.41) is 3.46. The standard InChI is InChI=1S/C21H20N4O3/c1-14(26)22-18-12-8-15-7-9-16(23-19(15)24-18)10-11-17-6-5-13-25(17)20(27)28-21(2,3)4/h5-9,12-13H,1-4H3,(H,22,23,24,26). The maximum atomic E-state index is 12.3. The largest absolute Gasteiger partial charge is 0.443 e. The summed E-state index contributed by atoms with van der Waals surface area (Å²) in [6, 6.07) is 10.6. The fourth-order valence-corrected chi connectivity index (χ4v) is 2.40. The van der Waals surface area contributed by atoms with E-state index < -0.39 is 11.7 Å².